The lowest BCUT2D eigenvalue weighted by Gasteiger charge is -2.17. The number of hydrogen-bond donors (Lipinski definition) is 0. The predicted octanol–water partition coefficient (Wildman–Crippen LogP) is 3.20. The van der Waals surface area contributed by atoms with Crippen LogP contribution in [0, 0.1) is 11.3 Å². The summed E-state index contributed by atoms with van der Waals surface area (Å²) in [6.07, 6.45) is -6.41. The Kier molecular flexibility index (Phi) is 3.91. The first-order chi connectivity index (χ1) is 7.46. The van der Waals surface area contributed by atoms with E-state index in [1.165, 1.54) is 31.4 Å². The first-order valence-corrected chi connectivity index (χ1v) is 4.56. The molecule has 86 valence electrons. The van der Waals surface area contributed by atoms with Crippen LogP contribution in [0.1, 0.15) is 23.7 Å². The molecule has 0 saturated heterocycles. The minimum absolute atomic E-state index is 0.321. The summed E-state index contributed by atoms with van der Waals surface area (Å²) in [5, 5.41) is 8.64. The largest absolute Gasteiger partial charge is 0.391 e. The van der Waals surface area contributed by atoms with Crippen LogP contribution in [0.2, 0.25) is 0 Å². The van der Waals surface area contributed by atoms with Crippen molar-refractivity contribution in [1.82, 2.24) is 0 Å². The molecule has 0 heterocycles. The van der Waals surface area contributed by atoms with E-state index in [9.17, 15) is 13.2 Å². The van der Waals surface area contributed by atoms with Gasteiger partial charge < -0.3 is 4.74 Å². The summed E-state index contributed by atoms with van der Waals surface area (Å²) in [4.78, 5) is 0. The number of ether oxygens (including phenoxy) is 1. The molecule has 1 aromatic carbocycles. The molecule has 0 N–H and O–H groups in total. The Morgan fingerprint density at radius 2 is 2.12 bits per heavy atom. The highest BCUT2D eigenvalue weighted by Crippen LogP contribution is 2.31. The third-order valence-electron chi connectivity index (χ3n) is 2.09. The summed E-state index contributed by atoms with van der Waals surface area (Å²) in [5.41, 5.74) is 0.681. The van der Waals surface area contributed by atoms with Crippen LogP contribution >= 0.6 is 0 Å². The van der Waals surface area contributed by atoms with Crippen molar-refractivity contribution >= 4 is 0 Å². The number of methoxy groups -OCH3 is 1. The minimum Gasteiger partial charge on any atom is -0.376 e. The standard InChI is InChI=1S/C11H10F3NO/c1-16-10(6-11(12,13)14)9-4-2-3-8(5-9)7-15/h2-5,10H,6H2,1H3. The van der Waals surface area contributed by atoms with Gasteiger partial charge in [0.2, 0.25) is 0 Å². The molecule has 0 saturated carbocycles. The van der Waals surface area contributed by atoms with Gasteiger partial charge in [-0.1, -0.05) is 12.1 Å². The molecule has 0 fully saturated rings. The van der Waals surface area contributed by atoms with Crippen LogP contribution in [-0.2, 0) is 4.74 Å². The monoisotopic (exact) mass is 229 g/mol. The van der Waals surface area contributed by atoms with Gasteiger partial charge in [0, 0.05) is 7.11 Å². The van der Waals surface area contributed by atoms with Gasteiger partial charge in [-0.2, -0.15) is 18.4 Å². The van der Waals surface area contributed by atoms with Crippen molar-refractivity contribution in [2.75, 3.05) is 7.11 Å². The highest BCUT2D eigenvalue weighted by Gasteiger charge is 2.32. The first kappa shape index (κ1) is 12.5. The van der Waals surface area contributed by atoms with Gasteiger partial charge in [0.25, 0.3) is 0 Å². The van der Waals surface area contributed by atoms with Crippen molar-refractivity contribution in [3.8, 4) is 6.07 Å². The number of alkyl halides is 3. The van der Waals surface area contributed by atoms with E-state index >= 15 is 0 Å². The Labute approximate surface area is 91.3 Å². The smallest absolute Gasteiger partial charge is 0.376 e. The van der Waals surface area contributed by atoms with Gasteiger partial charge in [-0.15, -0.1) is 0 Å². The van der Waals surface area contributed by atoms with E-state index in [2.05, 4.69) is 0 Å². The van der Waals surface area contributed by atoms with E-state index < -0.39 is 18.7 Å². The fourth-order valence-corrected chi connectivity index (χ4v) is 1.36. The maximum Gasteiger partial charge on any atom is 0.391 e. The number of nitrogens with zero attached hydrogens (tertiary/aromatic N) is 1. The van der Waals surface area contributed by atoms with Gasteiger partial charge in [0.15, 0.2) is 0 Å². The van der Waals surface area contributed by atoms with Crippen molar-refractivity contribution in [3.05, 3.63) is 35.4 Å². The molecule has 0 bridgehead atoms. The molecule has 0 spiro atoms. The Hall–Kier alpha value is -1.54. The summed E-state index contributed by atoms with van der Waals surface area (Å²) in [6.45, 7) is 0. The average Bonchev–Trinajstić information content (AvgIpc) is 2.25. The highest BCUT2D eigenvalue weighted by atomic mass is 19.4. The zero-order valence-electron chi connectivity index (χ0n) is 8.58. The second kappa shape index (κ2) is 4.99. The van der Waals surface area contributed by atoms with Crippen LogP contribution in [0.4, 0.5) is 13.2 Å². The van der Waals surface area contributed by atoms with E-state index in [0.29, 0.717) is 11.1 Å². The molecule has 1 aromatic rings. The molecular formula is C11H10F3NO. The number of nitriles is 1. The third kappa shape index (κ3) is 3.55. The van der Waals surface area contributed by atoms with Gasteiger partial charge in [-0.3, -0.25) is 0 Å². The van der Waals surface area contributed by atoms with Gasteiger partial charge in [-0.25, -0.2) is 0 Å². The molecule has 1 unspecified atom stereocenters. The van der Waals surface area contributed by atoms with E-state index in [-0.39, 0.29) is 0 Å². The molecule has 16 heavy (non-hydrogen) atoms. The molecule has 0 aliphatic heterocycles. The Morgan fingerprint density at radius 1 is 1.44 bits per heavy atom. The summed E-state index contributed by atoms with van der Waals surface area (Å²) < 4.78 is 41.4. The molecule has 0 amide bonds. The zero-order valence-corrected chi connectivity index (χ0v) is 8.58. The van der Waals surface area contributed by atoms with Crippen molar-refractivity contribution in [2.45, 2.75) is 18.7 Å². The second-order valence-corrected chi connectivity index (χ2v) is 3.28. The summed E-state index contributed by atoms with van der Waals surface area (Å²) >= 11 is 0. The van der Waals surface area contributed by atoms with Crippen LogP contribution in [0.25, 0.3) is 0 Å². The number of halogens is 3. The number of benzene rings is 1. The molecule has 0 aliphatic carbocycles. The van der Waals surface area contributed by atoms with Gasteiger partial charge in [-0.05, 0) is 17.7 Å². The van der Waals surface area contributed by atoms with E-state index in [0.717, 1.165) is 0 Å². The molecule has 0 radical (unpaired) electrons. The van der Waals surface area contributed by atoms with Crippen molar-refractivity contribution < 1.29 is 17.9 Å². The summed E-state index contributed by atoms with van der Waals surface area (Å²) in [7, 11) is 1.22. The average molecular weight is 229 g/mol. The van der Waals surface area contributed by atoms with E-state index in [1.807, 2.05) is 6.07 Å². The van der Waals surface area contributed by atoms with Crippen LogP contribution in [-0.4, -0.2) is 13.3 Å². The Bertz CT molecular complexity index is 395. The molecule has 2 nitrogen and oxygen atoms in total. The van der Waals surface area contributed by atoms with Crippen LogP contribution < -0.4 is 0 Å². The second-order valence-electron chi connectivity index (χ2n) is 3.28. The van der Waals surface area contributed by atoms with E-state index in [4.69, 9.17) is 10.00 Å². The summed E-state index contributed by atoms with van der Waals surface area (Å²) in [5.74, 6) is 0. The zero-order chi connectivity index (χ0) is 12.2. The van der Waals surface area contributed by atoms with Gasteiger partial charge in [0.1, 0.15) is 0 Å². The molecule has 5 heteroatoms. The van der Waals surface area contributed by atoms with E-state index in [1.54, 1.807) is 0 Å². The van der Waals surface area contributed by atoms with Crippen LogP contribution in [0.15, 0.2) is 24.3 Å². The lowest BCUT2D eigenvalue weighted by atomic mass is 10.0. The minimum atomic E-state index is -4.29. The van der Waals surface area contributed by atoms with Crippen molar-refractivity contribution in [3.63, 3.8) is 0 Å². The van der Waals surface area contributed by atoms with Gasteiger partial charge >= 0.3 is 6.18 Å². The molecule has 1 atom stereocenters. The Morgan fingerprint density at radius 3 is 2.62 bits per heavy atom. The fraction of sp³-hybridized carbons (Fsp3) is 0.364. The van der Waals surface area contributed by atoms with Crippen molar-refractivity contribution in [2.24, 2.45) is 0 Å². The Balaban J connectivity index is 2.91. The SMILES string of the molecule is COC(CC(F)(F)F)c1cccc(C#N)c1. The normalized spacial score (nSPS) is 13.2. The molecule has 1 rings (SSSR count). The fourth-order valence-electron chi connectivity index (χ4n) is 1.36. The lowest BCUT2D eigenvalue weighted by molar-refractivity contribution is -0.158. The first-order valence-electron chi connectivity index (χ1n) is 4.56. The maximum atomic E-state index is 12.2. The molecular weight excluding hydrogens is 219 g/mol. The summed E-state index contributed by atoms with van der Waals surface area (Å²) in [6, 6.07) is 7.86. The lowest BCUT2D eigenvalue weighted by Crippen LogP contribution is -2.15. The third-order valence-corrected chi connectivity index (χ3v) is 2.09. The predicted molar refractivity (Wildman–Crippen MR) is 51.6 cm³/mol. The van der Waals surface area contributed by atoms with Gasteiger partial charge in [0.05, 0.1) is 24.2 Å². The van der Waals surface area contributed by atoms with Crippen LogP contribution in [0.3, 0.4) is 0 Å². The maximum absolute atomic E-state index is 12.2. The molecule has 0 aliphatic rings. The number of hydrogen-bond acceptors (Lipinski definition) is 2. The number of rotatable bonds is 3. The van der Waals surface area contributed by atoms with Crippen molar-refractivity contribution in [1.29, 1.82) is 5.26 Å². The van der Waals surface area contributed by atoms with Crippen LogP contribution in [0.5, 0.6) is 0 Å². The topological polar surface area (TPSA) is 33.0 Å². The quantitative estimate of drug-likeness (QED) is 0.797. The molecule has 0 aromatic heterocycles. The highest BCUT2D eigenvalue weighted by molar-refractivity contribution is 5.33.